The summed E-state index contributed by atoms with van der Waals surface area (Å²) in [5, 5.41) is -8.60. The van der Waals surface area contributed by atoms with E-state index < -0.39 is 114 Å². The molecule has 0 aliphatic heterocycles. The molecule has 0 amide bonds. The first-order valence-electron chi connectivity index (χ1n) is 9.57. The van der Waals surface area contributed by atoms with Gasteiger partial charge in [-0.15, -0.1) is 0 Å². The number of halogens is 16. The Labute approximate surface area is 204 Å². The lowest BCUT2D eigenvalue weighted by Crippen LogP contribution is -2.55. The quantitative estimate of drug-likeness (QED) is 0.395. The normalized spacial score (nSPS) is 14.6. The van der Waals surface area contributed by atoms with Gasteiger partial charge in [0.2, 0.25) is 0 Å². The second kappa shape index (κ2) is 8.44. The van der Waals surface area contributed by atoms with Crippen LogP contribution in [-0.2, 0) is 13.1 Å². The van der Waals surface area contributed by atoms with Gasteiger partial charge in [-0.1, -0.05) is 0 Å². The maximum absolute atomic E-state index is 15.0. The number of nitrogens with zero attached hydrogens (tertiary/aromatic N) is 2. The third kappa shape index (κ3) is 3.96. The van der Waals surface area contributed by atoms with Crippen LogP contribution in [0.4, 0.5) is 70.2 Å². The largest absolute Gasteiger partial charge is 0.459 e. The highest BCUT2D eigenvalue weighted by atomic mass is 19.4. The molecule has 0 saturated heterocycles. The number of fused-ring (bicyclic) bond motifs is 2. The minimum atomic E-state index is -6.99. The minimum absolute atomic E-state index is 1.23. The third-order valence-electron chi connectivity index (χ3n) is 5.56. The van der Waals surface area contributed by atoms with Crippen molar-refractivity contribution in [2.24, 2.45) is 0 Å². The van der Waals surface area contributed by atoms with Gasteiger partial charge in [0.15, 0.2) is 11.6 Å². The van der Waals surface area contributed by atoms with Crippen LogP contribution in [0.1, 0.15) is 0 Å². The molecular formula is C18H4F16N2O4. The average Bonchev–Trinajstić information content (AvgIpc) is 3.16. The van der Waals surface area contributed by atoms with Crippen LogP contribution in [0.2, 0.25) is 0 Å². The summed E-state index contributed by atoms with van der Waals surface area (Å²) in [5.41, 5.74) is -10.4. The first kappa shape index (κ1) is 30.9. The number of hydrogen-bond donors (Lipinski definition) is 0. The molecule has 0 fully saturated rings. The van der Waals surface area contributed by atoms with Crippen LogP contribution in [0.15, 0.2) is 19.2 Å². The molecule has 22 heteroatoms. The molecule has 222 valence electrons. The van der Waals surface area contributed by atoms with E-state index in [9.17, 15) is 89.4 Å². The van der Waals surface area contributed by atoms with Crippen molar-refractivity contribution < 1.29 is 70.2 Å². The molecule has 6 nitrogen and oxygen atoms in total. The van der Waals surface area contributed by atoms with Crippen LogP contribution in [0.3, 0.4) is 0 Å². The van der Waals surface area contributed by atoms with Gasteiger partial charge in [-0.05, 0) is 0 Å². The van der Waals surface area contributed by atoms with E-state index in [0.717, 1.165) is 0 Å². The maximum atomic E-state index is 15.0. The lowest BCUT2D eigenvalue weighted by Gasteiger charge is -2.27. The van der Waals surface area contributed by atoms with Crippen molar-refractivity contribution in [1.29, 1.82) is 0 Å². The summed E-state index contributed by atoms with van der Waals surface area (Å²) in [4.78, 5) is 49.0. The Kier molecular flexibility index (Phi) is 6.52. The zero-order valence-electron chi connectivity index (χ0n) is 18.0. The molecule has 2 heterocycles. The Bertz CT molecular complexity index is 1530. The van der Waals surface area contributed by atoms with Crippen molar-refractivity contribution in [2.75, 3.05) is 0 Å². The summed E-state index contributed by atoms with van der Waals surface area (Å²) in [6.07, 6.45) is -14.0. The van der Waals surface area contributed by atoms with Gasteiger partial charge in [0.1, 0.15) is 0 Å². The van der Waals surface area contributed by atoms with Crippen molar-refractivity contribution in [1.82, 2.24) is 9.13 Å². The van der Waals surface area contributed by atoms with Gasteiger partial charge in [-0.2, -0.15) is 61.5 Å². The molecule has 0 unspecified atom stereocenters. The fraction of sp³-hybridized carbons (Fsp3) is 0.444. The summed E-state index contributed by atoms with van der Waals surface area (Å²) in [7, 11) is 0. The molecule has 0 N–H and O–H groups in total. The van der Waals surface area contributed by atoms with Crippen molar-refractivity contribution in [3.8, 4) is 0 Å². The highest BCUT2D eigenvalue weighted by Gasteiger charge is 2.74. The first-order chi connectivity index (χ1) is 17.7. The Balaban J connectivity index is 2.34. The summed E-state index contributed by atoms with van der Waals surface area (Å²) in [5.74, 6) is -31.8. The maximum Gasteiger partial charge on any atom is 0.459 e. The number of rotatable bonds is 6. The summed E-state index contributed by atoms with van der Waals surface area (Å²) >= 11 is 0. The van der Waals surface area contributed by atoms with Gasteiger partial charge >= 0.3 is 36.0 Å². The van der Waals surface area contributed by atoms with Crippen LogP contribution < -0.4 is 22.2 Å². The lowest BCUT2D eigenvalue weighted by molar-refractivity contribution is -0.357. The molecule has 2 aromatic heterocycles. The molecule has 0 aliphatic carbocycles. The van der Waals surface area contributed by atoms with Crippen molar-refractivity contribution in [2.45, 2.75) is 49.1 Å². The van der Waals surface area contributed by atoms with E-state index in [0.29, 0.717) is 0 Å². The molecule has 1 aromatic carbocycles. The Morgan fingerprint density at radius 3 is 0.800 bits per heavy atom. The van der Waals surface area contributed by atoms with Crippen LogP contribution in [-0.4, -0.2) is 45.2 Å². The summed E-state index contributed by atoms with van der Waals surface area (Å²) in [6.45, 7) is -6.36. The smallest absolute Gasteiger partial charge is 0.268 e. The van der Waals surface area contributed by atoms with Crippen LogP contribution in [0.25, 0.3) is 21.5 Å². The molecule has 0 bridgehead atoms. The Morgan fingerprint density at radius 2 is 0.625 bits per heavy atom. The molecule has 40 heavy (non-hydrogen) atoms. The summed E-state index contributed by atoms with van der Waals surface area (Å²) < 4.78 is 209. The Hall–Kier alpha value is -3.62. The molecule has 0 radical (unpaired) electrons. The van der Waals surface area contributed by atoms with Gasteiger partial charge in [-0.25, -0.2) is 8.78 Å². The van der Waals surface area contributed by atoms with Crippen LogP contribution >= 0.6 is 0 Å². The fourth-order valence-electron chi connectivity index (χ4n) is 3.51. The van der Waals surface area contributed by atoms with E-state index in [1.807, 2.05) is 0 Å². The number of hydrogen-bond acceptors (Lipinski definition) is 4. The minimum Gasteiger partial charge on any atom is -0.268 e. The Morgan fingerprint density at radius 1 is 0.425 bits per heavy atom. The predicted octanol–water partition coefficient (Wildman–Crippen LogP) is 3.86. The van der Waals surface area contributed by atoms with Crippen LogP contribution in [0, 0.1) is 11.6 Å². The average molecular weight is 616 g/mol. The molecule has 0 saturated carbocycles. The van der Waals surface area contributed by atoms with E-state index >= 15 is 0 Å². The van der Waals surface area contributed by atoms with Crippen LogP contribution in [0.5, 0.6) is 0 Å². The third-order valence-corrected chi connectivity index (χ3v) is 5.56. The van der Waals surface area contributed by atoms with E-state index in [-0.39, 0.29) is 0 Å². The second-order valence-corrected chi connectivity index (χ2v) is 8.07. The van der Waals surface area contributed by atoms with Gasteiger partial charge in [-0.3, -0.25) is 28.3 Å². The first-order valence-corrected chi connectivity index (χ1v) is 9.57. The lowest BCUT2D eigenvalue weighted by atomic mass is 10.1. The predicted molar refractivity (Wildman–Crippen MR) is 96.7 cm³/mol. The van der Waals surface area contributed by atoms with Gasteiger partial charge in [0, 0.05) is 0 Å². The zero-order valence-corrected chi connectivity index (χ0v) is 18.0. The molecular weight excluding hydrogens is 612 g/mol. The number of alkyl halides is 14. The van der Waals surface area contributed by atoms with Crippen molar-refractivity contribution >= 4 is 21.5 Å². The van der Waals surface area contributed by atoms with E-state index in [4.69, 9.17) is 0 Å². The van der Waals surface area contributed by atoms with Crippen molar-refractivity contribution in [3.63, 3.8) is 0 Å². The molecule has 0 spiro atoms. The topological polar surface area (TPSA) is 78.1 Å². The van der Waals surface area contributed by atoms with E-state index in [1.54, 1.807) is 0 Å². The zero-order chi connectivity index (χ0) is 31.3. The molecule has 3 aromatic rings. The van der Waals surface area contributed by atoms with Gasteiger partial charge < -0.3 is 0 Å². The van der Waals surface area contributed by atoms with E-state index in [2.05, 4.69) is 0 Å². The second-order valence-electron chi connectivity index (χ2n) is 8.07. The van der Waals surface area contributed by atoms with E-state index in [1.165, 1.54) is 0 Å². The van der Waals surface area contributed by atoms with Gasteiger partial charge in [0.05, 0.1) is 34.6 Å². The van der Waals surface area contributed by atoms with Gasteiger partial charge in [0.25, 0.3) is 22.2 Å². The number of benzene rings is 1. The highest BCUT2D eigenvalue weighted by molar-refractivity contribution is 5.99. The monoisotopic (exact) mass is 616 g/mol. The molecule has 0 atom stereocenters. The number of aromatic nitrogens is 2. The SMILES string of the molecule is O=c1c2c(F)c3c(=O)n(CC(F)(F)C(F)(F)C(F)(F)F)c(=O)c3c(F)c2c(=O)n1CC(F)(F)C(F)(F)C(F)(F)F. The fourth-order valence-corrected chi connectivity index (χ4v) is 3.51. The van der Waals surface area contributed by atoms with Crippen molar-refractivity contribution in [3.05, 3.63) is 53.0 Å². The molecule has 3 rings (SSSR count). The summed E-state index contributed by atoms with van der Waals surface area (Å²) in [6, 6.07) is 0. The highest BCUT2D eigenvalue weighted by Crippen LogP contribution is 2.48. The standard InChI is InChI=1S/C18H4F16N2O4/c19-7-3-4(10(38)35(9(3)37)1-13(21,22)15(25,26)17(29,30)31)8(20)6-5(7)11(39)36(12(6)40)2-14(23,24)16(27,28)18(32,33)34/h1-2H2. The molecule has 0 aliphatic rings.